The first kappa shape index (κ1) is 26.6. The Morgan fingerprint density at radius 2 is 1.85 bits per heavy atom. The second kappa shape index (κ2) is 10.5. The topological polar surface area (TPSA) is 109 Å². The van der Waals surface area contributed by atoms with Crippen LogP contribution in [0.5, 0.6) is 5.75 Å². The summed E-state index contributed by atoms with van der Waals surface area (Å²) in [7, 11) is -3.42. The van der Waals surface area contributed by atoms with Crippen molar-refractivity contribution in [3.63, 3.8) is 0 Å². The van der Waals surface area contributed by atoms with Crippen molar-refractivity contribution in [3.05, 3.63) is 74.8 Å². The lowest BCUT2D eigenvalue weighted by atomic mass is 10.2. The highest BCUT2D eigenvalue weighted by Crippen LogP contribution is 2.54. The molecule has 0 saturated carbocycles. The highest BCUT2D eigenvalue weighted by Gasteiger charge is 2.50. The van der Waals surface area contributed by atoms with E-state index in [0.717, 1.165) is 13.0 Å². The lowest BCUT2D eigenvalue weighted by molar-refractivity contribution is -0.660. The molecular weight excluding hydrogens is 492 g/mol. The van der Waals surface area contributed by atoms with E-state index in [9.17, 15) is 27.9 Å². The largest absolute Gasteiger partial charge is 0.489 e. The molecule has 2 aromatic carbocycles. The summed E-state index contributed by atoms with van der Waals surface area (Å²) in [6.07, 6.45) is -4.70. The van der Waals surface area contributed by atoms with Crippen molar-refractivity contribution in [2.45, 2.75) is 25.9 Å². The van der Waals surface area contributed by atoms with Crippen LogP contribution in [0.1, 0.15) is 25.0 Å². The van der Waals surface area contributed by atoms with Crippen molar-refractivity contribution in [2.75, 3.05) is 13.7 Å². The van der Waals surface area contributed by atoms with Gasteiger partial charge in [-0.25, -0.2) is 4.57 Å². The fourth-order valence-electron chi connectivity index (χ4n) is 2.41. The molecule has 0 radical (unpaired) electrons. The molecule has 0 spiro atoms. The van der Waals surface area contributed by atoms with E-state index in [2.05, 4.69) is 4.76 Å². The highest BCUT2D eigenvalue weighted by molar-refractivity contribution is 7.52. The summed E-state index contributed by atoms with van der Waals surface area (Å²) in [5.41, 5.74) is -0.723. The number of rotatable bonds is 9. The third-order valence-corrected chi connectivity index (χ3v) is 5.77. The van der Waals surface area contributed by atoms with Gasteiger partial charge in [0.1, 0.15) is 5.75 Å². The van der Waals surface area contributed by atoms with E-state index in [-0.39, 0.29) is 12.5 Å². The number of benzene rings is 2. The zero-order valence-corrected chi connectivity index (χ0v) is 19.2. The molecule has 0 amide bonds. The van der Waals surface area contributed by atoms with E-state index < -0.39 is 41.1 Å². The molecule has 0 bridgehead atoms. The Morgan fingerprint density at radius 1 is 1.21 bits per heavy atom. The van der Waals surface area contributed by atoms with Gasteiger partial charge in [-0.05, 0) is 37.3 Å². The van der Waals surface area contributed by atoms with Crippen molar-refractivity contribution >= 4 is 25.2 Å². The van der Waals surface area contributed by atoms with Crippen LogP contribution >= 0.6 is 19.3 Å². The molecule has 2 rings (SSSR count). The first-order valence-corrected chi connectivity index (χ1v) is 11.1. The Balaban J connectivity index is 2.44. The molecule has 0 heterocycles. The van der Waals surface area contributed by atoms with Crippen LogP contribution in [-0.4, -0.2) is 30.4 Å². The Kier molecular flexibility index (Phi) is 8.47. The first-order chi connectivity index (χ1) is 15.3. The van der Waals surface area contributed by atoms with Gasteiger partial charge in [0.05, 0.1) is 36.1 Å². The summed E-state index contributed by atoms with van der Waals surface area (Å²) in [5.74, 6) is -3.64. The summed E-state index contributed by atoms with van der Waals surface area (Å²) >= 11 is 5.81. The predicted octanol–water partition coefficient (Wildman–Crippen LogP) is 5.94. The van der Waals surface area contributed by atoms with Crippen LogP contribution in [-0.2, 0) is 24.5 Å². The maximum atomic E-state index is 13.3. The third-order valence-electron chi connectivity index (χ3n) is 3.89. The van der Waals surface area contributed by atoms with Crippen LogP contribution in [0.4, 0.5) is 13.2 Å². The molecule has 2 atom stereocenters. The van der Waals surface area contributed by atoms with Crippen molar-refractivity contribution in [1.82, 2.24) is 0 Å². The van der Waals surface area contributed by atoms with E-state index in [0.29, 0.717) is 17.7 Å². The summed E-state index contributed by atoms with van der Waals surface area (Å²) in [6, 6.07) is 10.1. The number of alkyl halides is 3. The van der Waals surface area contributed by atoms with E-state index in [1.807, 2.05) is 0 Å². The van der Waals surface area contributed by atoms with Crippen LogP contribution in [0.25, 0.3) is 0 Å². The average Bonchev–Trinajstić information content (AvgIpc) is 2.73. The van der Waals surface area contributed by atoms with Gasteiger partial charge in [-0.15, -0.1) is 4.76 Å². The van der Waals surface area contributed by atoms with Crippen molar-refractivity contribution < 1.29 is 41.2 Å². The summed E-state index contributed by atoms with van der Waals surface area (Å²) in [6.45, 7) is 2.00. The Hall–Kier alpha value is -2.66. The van der Waals surface area contributed by atoms with Crippen LogP contribution < -0.4 is 4.74 Å². The van der Waals surface area contributed by atoms with E-state index in [1.54, 1.807) is 30.3 Å². The second-order valence-electron chi connectivity index (χ2n) is 6.35. The second-order valence-corrected chi connectivity index (χ2v) is 8.34. The van der Waals surface area contributed by atoms with Gasteiger partial charge in [0.15, 0.2) is 0 Å². The van der Waals surface area contributed by atoms with Crippen molar-refractivity contribution in [3.8, 4) is 5.75 Å². The van der Waals surface area contributed by atoms with E-state index in [1.165, 1.54) is 14.0 Å². The fourth-order valence-corrected chi connectivity index (χ4v) is 4.06. The number of methoxy groups -OCH3 is 1. The number of ether oxygens (including phenoxy) is 2. The molecule has 0 aliphatic rings. The van der Waals surface area contributed by atoms with Gasteiger partial charge in [0.2, 0.25) is 5.90 Å². The minimum Gasteiger partial charge on any atom is -0.480 e. The zero-order chi connectivity index (χ0) is 24.9. The predicted molar refractivity (Wildman–Crippen MR) is 113 cm³/mol. The number of nitro groups is 1. The molecule has 33 heavy (non-hydrogen) atoms. The molecule has 14 heteroatoms. The standard InChI is InChI=1S/C19H19ClF3N2O7P/c1-4-30-33(28,24-17(29-3)13-8-6-5-7-9-13)32-18(2,25(26)27)31-16-11-10-14(12-15(16)20)19(21,22)23/h5-12H,4H2,1-3H3/b24-17-. The zero-order valence-electron chi connectivity index (χ0n) is 17.5. The average molecular weight is 511 g/mol. The maximum Gasteiger partial charge on any atom is 0.489 e. The SMILES string of the molecule is CCOP(=O)(/N=C(\OC)c1ccccc1)OC(C)(Oc1ccc(C(F)(F)F)cc1Cl)[N+](=O)[O-]. The van der Waals surface area contributed by atoms with Crippen LogP contribution in [0.3, 0.4) is 0 Å². The lowest BCUT2D eigenvalue weighted by Gasteiger charge is -2.25. The minimum absolute atomic E-state index is 0.203. The molecule has 2 unspecified atom stereocenters. The van der Waals surface area contributed by atoms with E-state index >= 15 is 0 Å². The van der Waals surface area contributed by atoms with Gasteiger partial charge in [-0.3, -0.25) is 14.6 Å². The Morgan fingerprint density at radius 3 is 2.33 bits per heavy atom. The molecular formula is C19H19ClF3N2O7P. The molecule has 180 valence electrons. The first-order valence-electron chi connectivity index (χ1n) is 9.19. The number of hydrogen-bond donors (Lipinski definition) is 0. The van der Waals surface area contributed by atoms with Crippen LogP contribution in [0.15, 0.2) is 53.3 Å². The Labute approximate surface area is 191 Å². The highest BCUT2D eigenvalue weighted by atomic mass is 35.5. The number of halogens is 4. The molecule has 0 aliphatic heterocycles. The van der Waals surface area contributed by atoms with Crippen LogP contribution in [0, 0.1) is 10.1 Å². The smallest absolute Gasteiger partial charge is 0.480 e. The molecule has 0 aromatic heterocycles. The monoisotopic (exact) mass is 510 g/mol. The molecule has 0 aliphatic carbocycles. The van der Waals surface area contributed by atoms with Crippen LogP contribution in [0.2, 0.25) is 5.02 Å². The number of hydrogen-bond acceptors (Lipinski definition) is 7. The van der Waals surface area contributed by atoms with Crippen molar-refractivity contribution in [2.24, 2.45) is 4.76 Å². The fraction of sp³-hybridized carbons (Fsp3) is 0.316. The van der Waals surface area contributed by atoms with Crippen molar-refractivity contribution in [1.29, 1.82) is 0 Å². The molecule has 9 nitrogen and oxygen atoms in total. The van der Waals surface area contributed by atoms with Gasteiger partial charge in [0, 0.05) is 5.56 Å². The quantitative estimate of drug-likeness (QED) is 0.102. The molecule has 0 saturated heterocycles. The molecule has 0 N–H and O–H groups in total. The number of nitrogens with zero attached hydrogens (tertiary/aromatic N) is 2. The van der Waals surface area contributed by atoms with Gasteiger partial charge < -0.3 is 9.47 Å². The van der Waals surface area contributed by atoms with E-state index in [4.69, 9.17) is 30.1 Å². The third kappa shape index (κ3) is 6.91. The normalized spacial score (nSPS) is 15.9. The van der Waals surface area contributed by atoms with Gasteiger partial charge in [-0.1, -0.05) is 29.8 Å². The molecule has 0 fully saturated rings. The summed E-state index contributed by atoms with van der Waals surface area (Å²) in [4.78, 5) is 10.6. The molecule has 2 aromatic rings. The van der Waals surface area contributed by atoms with Gasteiger partial charge >= 0.3 is 19.8 Å². The van der Waals surface area contributed by atoms with Gasteiger partial charge in [-0.2, -0.15) is 17.7 Å². The summed E-state index contributed by atoms with van der Waals surface area (Å²) < 4.78 is 76.0. The minimum atomic E-state index is -4.70. The maximum absolute atomic E-state index is 13.3. The van der Waals surface area contributed by atoms with Gasteiger partial charge in [0.25, 0.3) is 0 Å². The Bertz CT molecular complexity index is 1070. The summed E-state index contributed by atoms with van der Waals surface area (Å²) in [5, 5.41) is 11.2. The lowest BCUT2D eigenvalue weighted by Crippen LogP contribution is -2.43.